The molecular formula is C27H26ClF3N4O6. The van der Waals surface area contributed by atoms with Gasteiger partial charge in [0.1, 0.15) is 6.04 Å². The molecule has 218 valence electrons. The summed E-state index contributed by atoms with van der Waals surface area (Å²) in [6.07, 6.45) is -1.77. The van der Waals surface area contributed by atoms with Crippen LogP contribution >= 0.6 is 11.6 Å². The third-order valence-corrected chi connectivity index (χ3v) is 7.79. The van der Waals surface area contributed by atoms with Crippen molar-refractivity contribution in [3.05, 3.63) is 58.4 Å². The van der Waals surface area contributed by atoms with Crippen molar-refractivity contribution < 1.29 is 41.8 Å². The fourth-order valence-corrected chi connectivity index (χ4v) is 5.49. The van der Waals surface area contributed by atoms with E-state index in [0.717, 1.165) is 0 Å². The predicted octanol–water partition coefficient (Wildman–Crippen LogP) is 4.88. The number of amides is 4. The number of halogens is 4. The number of alkyl halides is 2. The van der Waals surface area contributed by atoms with Crippen LogP contribution in [0, 0.1) is 11.7 Å². The minimum absolute atomic E-state index is 0.00272. The zero-order chi connectivity index (χ0) is 29.5. The molecule has 1 aliphatic carbocycles. The van der Waals surface area contributed by atoms with Crippen molar-refractivity contribution in [2.24, 2.45) is 5.92 Å². The third kappa shape index (κ3) is 5.76. The first kappa shape index (κ1) is 28.5. The molecule has 2 aromatic rings. The summed E-state index contributed by atoms with van der Waals surface area (Å²) < 4.78 is 53.1. The number of ether oxygens (including phenoxy) is 2. The van der Waals surface area contributed by atoms with Crippen LogP contribution in [0.1, 0.15) is 41.6 Å². The van der Waals surface area contributed by atoms with E-state index in [0.29, 0.717) is 12.1 Å². The minimum atomic E-state index is -2.95. The second-order valence-corrected chi connectivity index (χ2v) is 10.7. The molecule has 1 saturated heterocycles. The molecule has 3 aliphatic rings. The molecule has 1 unspecified atom stereocenters. The van der Waals surface area contributed by atoms with Crippen molar-refractivity contribution in [3.8, 4) is 0 Å². The number of rotatable bonds is 6. The summed E-state index contributed by atoms with van der Waals surface area (Å²) in [6.45, 7) is -0.0881. The molecule has 3 N–H and O–H groups in total. The molecule has 0 radical (unpaired) electrons. The third-order valence-electron chi connectivity index (χ3n) is 7.50. The summed E-state index contributed by atoms with van der Waals surface area (Å²) in [5.74, 6) is -6.21. The van der Waals surface area contributed by atoms with E-state index in [4.69, 9.17) is 16.3 Å². The molecule has 4 amide bonds. The molecule has 3 atom stereocenters. The summed E-state index contributed by atoms with van der Waals surface area (Å²) in [4.78, 5) is 51.9. The molecule has 2 aromatic carbocycles. The van der Waals surface area contributed by atoms with E-state index in [9.17, 15) is 28.0 Å². The minimum Gasteiger partial charge on any atom is -0.453 e. The van der Waals surface area contributed by atoms with Gasteiger partial charge in [0.15, 0.2) is 11.4 Å². The normalized spacial score (nSPS) is 23.0. The first-order valence-corrected chi connectivity index (χ1v) is 13.2. The lowest BCUT2D eigenvalue weighted by Gasteiger charge is -2.45. The molecule has 10 nitrogen and oxygen atoms in total. The number of carbonyl (C=O) groups is 4. The van der Waals surface area contributed by atoms with Gasteiger partial charge in [-0.25, -0.2) is 22.8 Å². The topological polar surface area (TPSA) is 126 Å². The number of nitrogens with zero attached hydrogens (tertiary/aromatic N) is 1. The molecule has 2 fully saturated rings. The Hall–Kier alpha value is -4.00. The lowest BCUT2D eigenvalue weighted by Crippen LogP contribution is -2.57. The van der Waals surface area contributed by atoms with E-state index in [2.05, 4.69) is 20.7 Å². The van der Waals surface area contributed by atoms with Gasteiger partial charge in [0.2, 0.25) is 5.91 Å². The number of nitrogens with one attached hydrogen (secondary N) is 3. The fourth-order valence-electron chi connectivity index (χ4n) is 5.33. The van der Waals surface area contributed by atoms with E-state index < -0.39 is 59.7 Å². The molecule has 5 rings (SSSR count). The van der Waals surface area contributed by atoms with Gasteiger partial charge >= 0.3 is 12.2 Å². The van der Waals surface area contributed by atoms with Crippen LogP contribution in [0.4, 0.5) is 34.1 Å². The number of methoxy groups -OCH3 is 1. The van der Waals surface area contributed by atoms with Gasteiger partial charge in [-0.2, -0.15) is 0 Å². The highest BCUT2D eigenvalue weighted by molar-refractivity contribution is 6.31. The Labute approximate surface area is 237 Å². The maximum atomic E-state index is 15.2. The zero-order valence-electron chi connectivity index (χ0n) is 21.8. The Morgan fingerprint density at radius 3 is 2.59 bits per heavy atom. The maximum Gasteiger partial charge on any atom is 0.412 e. The highest BCUT2D eigenvalue weighted by atomic mass is 35.5. The van der Waals surface area contributed by atoms with Gasteiger partial charge in [0.25, 0.3) is 11.8 Å². The number of hydrogen-bond donors (Lipinski definition) is 3. The van der Waals surface area contributed by atoms with Crippen molar-refractivity contribution in [2.45, 2.75) is 43.2 Å². The molecular weight excluding hydrogens is 569 g/mol. The van der Waals surface area contributed by atoms with Crippen molar-refractivity contribution in [2.75, 3.05) is 30.8 Å². The van der Waals surface area contributed by atoms with Crippen LogP contribution in [0.3, 0.4) is 0 Å². The van der Waals surface area contributed by atoms with Crippen molar-refractivity contribution in [3.63, 3.8) is 0 Å². The van der Waals surface area contributed by atoms with Gasteiger partial charge in [-0.1, -0.05) is 11.6 Å². The van der Waals surface area contributed by atoms with Gasteiger partial charge < -0.3 is 19.7 Å². The summed E-state index contributed by atoms with van der Waals surface area (Å²) >= 11 is 6.01. The molecule has 0 bridgehead atoms. The van der Waals surface area contributed by atoms with Crippen molar-refractivity contribution in [1.29, 1.82) is 0 Å². The van der Waals surface area contributed by atoms with Gasteiger partial charge in [-0.05, 0) is 55.7 Å². The van der Waals surface area contributed by atoms with Gasteiger partial charge in [-0.3, -0.25) is 20.2 Å². The number of hydrogen-bond acceptors (Lipinski definition) is 6. The average molecular weight is 595 g/mol. The highest BCUT2D eigenvalue weighted by Crippen LogP contribution is 2.51. The van der Waals surface area contributed by atoms with Gasteiger partial charge in [-0.15, -0.1) is 0 Å². The maximum absolute atomic E-state index is 15.2. The summed E-state index contributed by atoms with van der Waals surface area (Å²) in [5.41, 5.74) is -0.932. The van der Waals surface area contributed by atoms with Crippen LogP contribution in [-0.4, -0.2) is 61.1 Å². The van der Waals surface area contributed by atoms with Gasteiger partial charge in [0, 0.05) is 30.1 Å². The van der Waals surface area contributed by atoms with E-state index >= 15 is 4.39 Å². The molecule has 1 spiro atoms. The number of anilines is 2. The van der Waals surface area contributed by atoms with Crippen molar-refractivity contribution in [1.82, 2.24) is 10.2 Å². The first-order chi connectivity index (χ1) is 19.4. The second-order valence-electron chi connectivity index (χ2n) is 10.3. The van der Waals surface area contributed by atoms with E-state index in [1.807, 2.05) is 0 Å². The fraction of sp³-hybridized carbons (Fsp3) is 0.407. The number of piperidine rings is 1. The van der Waals surface area contributed by atoms with Gasteiger partial charge in [0.05, 0.1) is 29.9 Å². The number of likely N-dealkylation sites (tertiary alicyclic amines) is 1. The molecule has 14 heteroatoms. The molecule has 0 aromatic heterocycles. The Balaban J connectivity index is 1.37. The summed E-state index contributed by atoms with van der Waals surface area (Å²) in [7, 11) is 1.20. The lowest BCUT2D eigenvalue weighted by atomic mass is 9.82. The Morgan fingerprint density at radius 2 is 1.93 bits per heavy atom. The molecule has 41 heavy (non-hydrogen) atoms. The number of carbonyl (C=O) groups excluding carboxylic acids is 4. The SMILES string of the molecule is COC(=O)Nc1ccc(C(=O)N[C@@H](CC2CC2(F)F)C(=O)N2CCC[C@@]3(C2)OC(=O)Nc2ccc(Cl)c(F)c23)cc1. The monoisotopic (exact) mass is 594 g/mol. The number of fused-ring (bicyclic) bond motifs is 2. The summed E-state index contributed by atoms with van der Waals surface area (Å²) in [5, 5.41) is 7.24. The quantitative estimate of drug-likeness (QED) is 0.438. The van der Waals surface area contributed by atoms with Crippen LogP contribution in [-0.2, 0) is 19.9 Å². The van der Waals surface area contributed by atoms with Crippen molar-refractivity contribution >= 4 is 47.0 Å². The number of benzene rings is 2. The Morgan fingerprint density at radius 1 is 1.22 bits per heavy atom. The first-order valence-electron chi connectivity index (χ1n) is 12.8. The summed E-state index contributed by atoms with van der Waals surface area (Å²) in [6, 6.07) is 7.06. The predicted molar refractivity (Wildman–Crippen MR) is 140 cm³/mol. The molecule has 2 aliphatic heterocycles. The Kier molecular flexibility index (Phi) is 7.49. The van der Waals surface area contributed by atoms with Crippen LogP contribution in [0.5, 0.6) is 0 Å². The molecule has 1 saturated carbocycles. The van der Waals surface area contributed by atoms with Crippen LogP contribution in [0.15, 0.2) is 36.4 Å². The highest BCUT2D eigenvalue weighted by Gasteiger charge is 2.58. The van der Waals surface area contributed by atoms with E-state index in [1.54, 1.807) is 0 Å². The molecule has 2 heterocycles. The average Bonchev–Trinajstić information content (AvgIpc) is 3.55. The zero-order valence-corrected chi connectivity index (χ0v) is 22.5. The largest absolute Gasteiger partial charge is 0.453 e. The van der Waals surface area contributed by atoms with Crippen LogP contribution < -0.4 is 16.0 Å². The van der Waals surface area contributed by atoms with E-state index in [-0.39, 0.29) is 47.8 Å². The smallest absolute Gasteiger partial charge is 0.412 e. The standard InChI is InChI=1S/C27H26ClF3N4O6/c1-40-24(38)32-16-5-3-14(4-6-16)22(36)33-19(11-15-12-27(15,30)31)23(37)35-10-2-9-26(13-35)20-18(34-25(39)41-26)8-7-17(28)21(20)29/h3-8,15,19H,2,9-13H2,1H3,(H,32,38)(H,33,36)(H,34,39)/t15?,19-,26-/m0/s1. The second kappa shape index (κ2) is 10.8. The lowest BCUT2D eigenvalue weighted by molar-refractivity contribution is -0.141. The van der Waals surface area contributed by atoms with Crippen LogP contribution in [0.25, 0.3) is 0 Å². The van der Waals surface area contributed by atoms with E-state index in [1.165, 1.54) is 48.4 Å². The van der Waals surface area contributed by atoms with Crippen LogP contribution in [0.2, 0.25) is 5.02 Å². The Bertz CT molecular complexity index is 1410.